The second kappa shape index (κ2) is 7.49. The van der Waals surface area contributed by atoms with Gasteiger partial charge in [0, 0.05) is 23.3 Å². The van der Waals surface area contributed by atoms with Gasteiger partial charge in [-0.2, -0.15) is 18.2 Å². The molecule has 3 rings (SSSR count). The molecule has 1 amide bonds. The first-order valence-corrected chi connectivity index (χ1v) is 8.32. The number of carbonyl (C=O) groups excluding carboxylic acids is 1. The predicted octanol–water partition coefficient (Wildman–Crippen LogP) is 3.83. The topological polar surface area (TPSA) is 55.3 Å². The number of benzene rings is 1. The maximum absolute atomic E-state index is 12.7. The van der Waals surface area contributed by atoms with Crippen LogP contribution in [0.1, 0.15) is 28.9 Å². The number of aromatic nitrogens is 2. The molecule has 1 unspecified atom stereocenters. The minimum absolute atomic E-state index is 0.181. The fourth-order valence-corrected chi connectivity index (χ4v) is 2.82. The Morgan fingerprint density at radius 3 is 2.65 bits per heavy atom. The highest BCUT2D eigenvalue weighted by atomic mass is 35.5. The number of ether oxygens (including phenoxy) is 1. The molecule has 1 aromatic heterocycles. The zero-order valence-corrected chi connectivity index (χ0v) is 14.3. The Bertz CT molecular complexity index is 784. The summed E-state index contributed by atoms with van der Waals surface area (Å²) < 4.78 is 43.7. The summed E-state index contributed by atoms with van der Waals surface area (Å²) in [6, 6.07) is 6.96. The van der Waals surface area contributed by atoms with Crippen LogP contribution >= 0.6 is 11.6 Å². The lowest BCUT2D eigenvalue weighted by molar-refractivity contribution is -0.141. The lowest BCUT2D eigenvalue weighted by Gasteiger charge is -2.32. The summed E-state index contributed by atoms with van der Waals surface area (Å²) in [6.45, 7) is 0.797. The SMILES string of the molecule is O=C(c1ccc(Cl)cc1)N1CCCC(Oc2nccc(C(F)(F)F)n2)C1. The summed E-state index contributed by atoms with van der Waals surface area (Å²) in [5.74, 6) is -0.181. The van der Waals surface area contributed by atoms with E-state index in [1.807, 2.05) is 0 Å². The number of halogens is 4. The van der Waals surface area contributed by atoms with E-state index < -0.39 is 18.0 Å². The van der Waals surface area contributed by atoms with Gasteiger partial charge in [-0.05, 0) is 43.2 Å². The molecule has 1 aliphatic rings. The van der Waals surface area contributed by atoms with E-state index in [4.69, 9.17) is 16.3 Å². The lowest BCUT2D eigenvalue weighted by Crippen LogP contribution is -2.44. The summed E-state index contributed by atoms with van der Waals surface area (Å²) in [6.07, 6.45) is -2.76. The van der Waals surface area contributed by atoms with E-state index in [2.05, 4.69) is 9.97 Å². The van der Waals surface area contributed by atoms with Crippen molar-refractivity contribution in [1.82, 2.24) is 14.9 Å². The second-order valence-corrected chi connectivity index (χ2v) is 6.30. The van der Waals surface area contributed by atoms with Crippen LogP contribution in [0.4, 0.5) is 13.2 Å². The molecule has 138 valence electrons. The molecule has 0 spiro atoms. The van der Waals surface area contributed by atoms with Gasteiger partial charge in [-0.15, -0.1) is 0 Å². The Morgan fingerprint density at radius 2 is 1.96 bits per heavy atom. The molecule has 1 saturated heterocycles. The zero-order chi connectivity index (χ0) is 18.7. The average Bonchev–Trinajstić information content (AvgIpc) is 2.61. The molecule has 1 atom stereocenters. The quantitative estimate of drug-likeness (QED) is 0.805. The Labute approximate surface area is 152 Å². The van der Waals surface area contributed by atoms with Gasteiger partial charge in [0.05, 0.1) is 6.54 Å². The fourth-order valence-electron chi connectivity index (χ4n) is 2.70. The van der Waals surface area contributed by atoms with Crippen molar-refractivity contribution < 1.29 is 22.7 Å². The van der Waals surface area contributed by atoms with Gasteiger partial charge in [-0.25, -0.2) is 4.98 Å². The van der Waals surface area contributed by atoms with Gasteiger partial charge in [-0.3, -0.25) is 4.79 Å². The first-order chi connectivity index (χ1) is 12.3. The molecule has 2 heterocycles. The highest BCUT2D eigenvalue weighted by molar-refractivity contribution is 6.30. The van der Waals surface area contributed by atoms with Crippen molar-refractivity contribution in [3.8, 4) is 6.01 Å². The second-order valence-electron chi connectivity index (χ2n) is 5.86. The van der Waals surface area contributed by atoms with Crippen molar-refractivity contribution in [1.29, 1.82) is 0 Å². The number of hydrogen-bond acceptors (Lipinski definition) is 4. The van der Waals surface area contributed by atoms with Crippen molar-refractivity contribution >= 4 is 17.5 Å². The van der Waals surface area contributed by atoms with Crippen LogP contribution in [0.25, 0.3) is 0 Å². The summed E-state index contributed by atoms with van der Waals surface area (Å²) in [5.41, 5.74) is -0.572. The Kier molecular flexibility index (Phi) is 5.31. The van der Waals surface area contributed by atoms with Crippen LogP contribution in [-0.2, 0) is 6.18 Å². The largest absolute Gasteiger partial charge is 0.458 e. The van der Waals surface area contributed by atoms with Crippen molar-refractivity contribution in [3.63, 3.8) is 0 Å². The molecule has 1 aliphatic heterocycles. The van der Waals surface area contributed by atoms with Crippen molar-refractivity contribution in [2.75, 3.05) is 13.1 Å². The van der Waals surface area contributed by atoms with Crippen LogP contribution < -0.4 is 4.74 Å². The van der Waals surface area contributed by atoms with Crippen LogP contribution in [0, 0.1) is 0 Å². The Morgan fingerprint density at radius 1 is 1.23 bits per heavy atom. The molecular formula is C17H15ClF3N3O2. The van der Waals surface area contributed by atoms with Gasteiger partial charge in [0.1, 0.15) is 6.10 Å². The van der Waals surface area contributed by atoms with Crippen LogP contribution in [0.3, 0.4) is 0 Å². The van der Waals surface area contributed by atoms with Crippen LogP contribution in [0.15, 0.2) is 36.5 Å². The van der Waals surface area contributed by atoms with E-state index in [-0.39, 0.29) is 18.5 Å². The van der Waals surface area contributed by atoms with Gasteiger partial charge in [0.25, 0.3) is 5.91 Å². The molecular weight excluding hydrogens is 371 g/mol. The monoisotopic (exact) mass is 385 g/mol. The third-order valence-corrected chi connectivity index (χ3v) is 4.20. The number of amides is 1. The Hall–Kier alpha value is -2.35. The molecule has 26 heavy (non-hydrogen) atoms. The third-order valence-electron chi connectivity index (χ3n) is 3.95. The van der Waals surface area contributed by atoms with Crippen LogP contribution in [-0.4, -0.2) is 40.0 Å². The highest BCUT2D eigenvalue weighted by Crippen LogP contribution is 2.28. The molecule has 1 aromatic carbocycles. The molecule has 0 radical (unpaired) electrons. The van der Waals surface area contributed by atoms with Crippen molar-refractivity contribution in [2.24, 2.45) is 0 Å². The number of piperidine rings is 1. The maximum Gasteiger partial charge on any atom is 0.433 e. The van der Waals surface area contributed by atoms with E-state index in [1.165, 1.54) is 0 Å². The van der Waals surface area contributed by atoms with E-state index in [0.717, 1.165) is 12.3 Å². The summed E-state index contributed by atoms with van der Waals surface area (Å²) in [4.78, 5) is 21.3. The fraction of sp³-hybridized carbons (Fsp3) is 0.353. The molecule has 9 heteroatoms. The standard InChI is InChI=1S/C17H15ClF3N3O2/c18-12-5-3-11(4-6-12)15(25)24-9-1-2-13(10-24)26-16-22-8-7-14(23-16)17(19,20)21/h3-8,13H,1-2,9-10H2. The Balaban J connectivity index is 1.67. The summed E-state index contributed by atoms with van der Waals surface area (Å²) in [7, 11) is 0. The van der Waals surface area contributed by atoms with E-state index in [1.54, 1.807) is 29.2 Å². The normalized spacial score (nSPS) is 17.8. The summed E-state index contributed by atoms with van der Waals surface area (Å²) >= 11 is 5.82. The molecule has 0 bridgehead atoms. The first-order valence-electron chi connectivity index (χ1n) is 7.94. The smallest absolute Gasteiger partial charge is 0.433 e. The third kappa shape index (κ3) is 4.43. The molecule has 0 saturated carbocycles. The molecule has 0 N–H and O–H groups in total. The van der Waals surface area contributed by atoms with E-state index >= 15 is 0 Å². The maximum atomic E-state index is 12.7. The van der Waals surface area contributed by atoms with Crippen LogP contribution in [0.2, 0.25) is 5.02 Å². The minimum Gasteiger partial charge on any atom is -0.458 e. The average molecular weight is 386 g/mol. The first kappa shape index (κ1) is 18.4. The summed E-state index contributed by atoms with van der Waals surface area (Å²) in [5, 5.41) is 0.531. The van der Waals surface area contributed by atoms with Gasteiger partial charge < -0.3 is 9.64 Å². The lowest BCUT2D eigenvalue weighted by atomic mass is 10.1. The predicted molar refractivity (Wildman–Crippen MR) is 88.0 cm³/mol. The molecule has 0 aliphatic carbocycles. The number of likely N-dealkylation sites (tertiary alicyclic amines) is 1. The number of carbonyl (C=O) groups is 1. The highest BCUT2D eigenvalue weighted by Gasteiger charge is 2.33. The minimum atomic E-state index is -4.57. The number of nitrogens with zero attached hydrogens (tertiary/aromatic N) is 3. The number of rotatable bonds is 3. The molecule has 2 aromatic rings. The van der Waals surface area contributed by atoms with E-state index in [0.29, 0.717) is 30.0 Å². The zero-order valence-electron chi connectivity index (χ0n) is 13.5. The van der Waals surface area contributed by atoms with Gasteiger partial charge in [0.15, 0.2) is 5.69 Å². The van der Waals surface area contributed by atoms with Crippen LogP contribution in [0.5, 0.6) is 6.01 Å². The number of alkyl halides is 3. The van der Waals surface area contributed by atoms with Gasteiger partial charge in [0.2, 0.25) is 0 Å². The molecule has 5 nitrogen and oxygen atoms in total. The van der Waals surface area contributed by atoms with Crippen molar-refractivity contribution in [2.45, 2.75) is 25.1 Å². The number of hydrogen-bond donors (Lipinski definition) is 0. The van der Waals surface area contributed by atoms with Gasteiger partial charge >= 0.3 is 12.2 Å². The van der Waals surface area contributed by atoms with Crippen molar-refractivity contribution in [3.05, 3.63) is 52.8 Å². The van der Waals surface area contributed by atoms with Gasteiger partial charge in [-0.1, -0.05) is 11.6 Å². The van der Waals surface area contributed by atoms with E-state index in [9.17, 15) is 18.0 Å². The molecule has 1 fully saturated rings.